The van der Waals surface area contributed by atoms with Gasteiger partial charge in [0.1, 0.15) is 12.2 Å². The number of fused-ring (bicyclic) bond motifs is 1. The summed E-state index contributed by atoms with van der Waals surface area (Å²) in [5.74, 6) is -0.118. The number of urea groups is 1. The first kappa shape index (κ1) is 19.3. The number of carbonyl (C=O) groups is 3. The van der Waals surface area contributed by atoms with E-state index in [0.717, 1.165) is 12.8 Å². The third-order valence-electron chi connectivity index (χ3n) is 6.01. The minimum atomic E-state index is -0.498. The second kappa shape index (κ2) is 6.79. The maximum absolute atomic E-state index is 13.0. The van der Waals surface area contributed by atoms with E-state index in [1.165, 1.54) is 0 Å². The van der Waals surface area contributed by atoms with Gasteiger partial charge in [-0.15, -0.1) is 0 Å². The van der Waals surface area contributed by atoms with Crippen LogP contribution in [-0.2, 0) is 14.3 Å². The van der Waals surface area contributed by atoms with Crippen molar-refractivity contribution in [1.29, 1.82) is 0 Å². The molecule has 0 aromatic carbocycles. The Kier molecular flexibility index (Phi) is 4.68. The summed E-state index contributed by atoms with van der Waals surface area (Å²) in [5, 5.41) is 2.93. The molecule has 0 saturated carbocycles. The average Bonchev–Trinajstić information content (AvgIpc) is 3.03. The molecule has 4 heterocycles. The molecular formula is C19H30N4O5. The van der Waals surface area contributed by atoms with Crippen LogP contribution < -0.4 is 5.32 Å². The molecule has 28 heavy (non-hydrogen) atoms. The molecule has 4 aliphatic heterocycles. The fourth-order valence-corrected chi connectivity index (χ4v) is 4.65. The highest BCUT2D eigenvalue weighted by molar-refractivity contribution is 5.79. The third-order valence-corrected chi connectivity index (χ3v) is 6.01. The van der Waals surface area contributed by atoms with Gasteiger partial charge in [-0.2, -0.15) is 0 Å². The minimum absolute atomic E-state index is 0.000638. The van der Waals surface area contributed by atoms with E-state index < -0.39 is 5.60 Å². The van der Waals surface area contributed by atoms with Gasteiger partial charge in [0.05, 0.1) is 12.1 Å². The van der Waals surface area contributed by atoms with Crippen molar-refractivity contribution in [3.63, 3.8) is 0 Å². The van der Waals surface area contributed by atoms with Gasteiger partial charge in [-0.25, -0.2) is 9.59 Å². The van der Waals surface area contributed by atoms with E-state index in [9.17, 15) is 14.4 Å². The van der Waals surface area contributed by atoms with Crippen LogP contribution in [0.3, 0.4) is 0 Å². The van der Waals surface area contributed by atoms with E-state index in [-0.39, 0.29) is 42.2 Å². The van der Waals surface area contributed by atoms with E-state index >= 15 is 0 Å². The molecule has 0 unspecified atom stereocenters. The van der Waals surface area contributed by atoms with E-state index in [2.05, 4.69) is 5.32 Å². The van der Waals surface area contributed by atoms with Crippen molar-refractivity contribution in [2.45, 2.75) is 51.4 Å². The van der Waals surface area contributed by atoms with Crippen molar-refractivity contribution < 1.29 is 23.9 Å². The lowest BCUT2D eigenvalue weighted by molar-refractivity contribution is -0.139. The molecule has 2 atom stereocenters. The third kappa shape index (κ3) is 3.76. The summed E-state index contributed by atoms with van der Waals surface area (Å²) in [4.78, 5) is 42.1. The summed E-state index contributed by atoms with van der Waals surface area (Å²) in [7, 11) is 0. The molecule has 4 amide bonds. The largest absolute Gasteiger partial charge is 0.444 e. The number of carbonyl (C=O) groups excluding carboxylic acids is 3. The molecule has 9 heteroatoms. The van der Waals surface area contributed by atoms with Crippen LogP contribution in [0.4, 0.5) is 9.59 Å². The van der Waals surface area contributed by atoms with Gasteiger partial charge in [-0.05, 0) is 33.6 Å². The average molecular weight is 394 g/mol. The molecule has 4 rings (SSSR count). The Labute approximate surface area is 165 Å². The lowest BCUT2D eigenvalue weighted by Crippen LogP contribution is -2.63. The second-order valence-corrected chi connectivity index (χ2v) is 9.55. The van der Waals surface area contributed by atoms with Gasteiger partial charge in [0.2, 0.25) is 5.91 Å². The summed E-state index contributed by atoms with van der Waals surface area (Å²) < 4.78 is 11.0. The normalized spacial score (nSPS) is 29.2. The maximum atomic E-state index is 13.0. The topological polar surface area (TPSA) is 91.4 Å². The van der Waals surface area contributed by atoms with Gasteiger partial charge < -0.3 is 29.5 Å². The minimum Gasteiger partial charge on any atom is -0.444 e. The Morgan fingerprint density at radius 3 is 2.57 bits per heavy atom. The fourth-order valence-electron chi connectivity index (χ4n) is 4.65. The number of nitrogens with one attached hydrogen (secondary N) is 1. The van der Waals surface area contributed by atoms with Crippen molar-refractivity contribution in [1.82, 2.24) is 20.0 Å². The smallest absolute Gasteiger partial charge is 0.410 e. The number of rotatable bonds is 0. The highest BCUT2D eigenvalue weighted by atomic mass is 16.6. The Hall–Kier alpha value is -2.03. The quantitative estimate of drug-likeness (QED) is 0.651. The lowest BCUT2D eigenvalue weighted by atomic mass is 9.79. The molecule has 0 aromatic rings. The molecule has 156 valence electrons. The maximum Gasteiger partial charge on any atom is 0.410 e. The van der Waals surface area contributed by atoms with Gasteiger partial charge in [-0.1, -0.05) is 0 Å². The number of hydrogen-bond donors (Lipinski definition) is 1. The van der Waals surface area contributed by atoms with Gasteiger partial charge >= 0.3 is 12.1 Å². The molecule has 4 fully saturated rings. The van der Waals surface area contributed by atoms with Gasteiger partial charge in [-0.3, -0.25) is 4.79 Å². The number of ether oxygens (including phenoxy) is 2. The first-order valence-electron chi connectivity index (χ1n) is 10.1. The molecule has 0 aliphatic carbocycles. The lowest BCUT2D eigenvalue weighted by Gasteiger charge is -2.48. The number of amides is 4. The summed E-state index contributed by atoms with van der Waals surface area (Å²) >= 11 is 0. The van der Waals surface area contributed by atoms with E-state index in [1.54, 1.807) is 4.90 Å². The van der Waals surface area contributed by atoms with Crippen molar-refractivity contribution in [3.05, 3.63) is 0 Å². The first-order chi connectivity index (χ1) is 13.1. The van der Waals surface area contributed by atoms with E-state index in [1.807, 2.05) is 30.6 Å². The van der Waals surface area contributed by atoms with Gasteiger partial charge in [0, 0.05) is 44.7 Å². The van der Waals surface area contributed by atoms with Gasteiger partial charge in [0.25, 0.3) is 0 Å². The van der Waals surface area contributed by atoms with Crippen LogP contribution in [0.5, 0.6) is 0 Å². The van der Waals surface area contributed by atoms with Crippen molar-refractivity contribution in [2.24, 2.45) is 5.41 Å². The van der Waals surface area contributed by atoms with Crippen LogP contribution >= 0.6 is 0 Å². The molecular weight excluding hydrogens is 364 g/mol. The van der Waals surface area contributed by atoms with Crippen molar-refractivity contribution in [2.75, 3.05) is 45.9 Å². The molecule has 4 aliphatic rings. The Bertz CT molecular complexity index is 670. The molecule has 1 N–H and O–H groups in total. The van der Waals surface area contributed by atoms with Crippen LogP contribution in [0.25, 0.3) is 0 Å². The fraction of sp³-hybridized carbons (Fsp3) is 0.842. The molecule has 4 saturated heterocycles. The Morgan fingerprint density at radius 2 is 1.86 bits per heavy atom. The van der Waals surface area contributed by atoms with Gasteiger partial charge in [0.15, 0.2) is 0 Å². The van der Waals surface area contributed by atoms with E-state index in [0.29, 0.717) is 39.3 Å². The molecule has 0 aromatic heterocycles. The Balaban J connectivity index is 1.28. The number of nitrogens with zero attached hydrogens (tertiary/aromatic N) is 3. The number of hydrogen-bond acceptors (Lipinski definition) is 5. The number of likely N-dealkylation sites (tertiary alicyclic amines) is 3. The summed E-state index contributed by atoms with van der Waals surface area (Å²) in [6, 6.07) is -0.104. The molecule has 9 nitrogen and oxygen atoms in total. The van der Waals surface area contributed by atoms with Crippen LogP contribution in [0, 0.1) is 5.41 Å². The predicted molar refractivity (Wildman–Crippen MR) is 99.7 cm³/mol. The van der Waals surface area contributed by atoms with Crippen LogP contribution in [0.15, 0.2) is 0 Å². The first-order valence-corrected chi connectivity index (χ1v) is 10.1. The van der Waals surface area contributed by atoms with Crippen LogP contribution in [0.1, 0.15) is 33.6 Å². The van der Waals surface area contributed by atoms with E-state index in [4.69, 9.17) is 9.47 Å². The number of piperidine rings is 1. The standard InChI is InChI=1S/C19H30N4O5/c1-18(2,3)28-17(26)23-11-19(12-23)5-7-22(10-19)16(25)21-6-4-14-13(8-21)20-15(24)9-27-14/h13-14H,4-12H2,1-3H3,(H,20,24)/t13-,14+/m1/s1. The second-order valence-electron chi connectivity index (χ2n) is 9.55. The highest BCUT2D eigenvalue weighted by Gasteiger charge is 2.52. The van der Waals surface area contributed by atoms with Crippen LogP contribution in [0.2, 0.25) is 0 Å². The summed E-state index contributed by atoms with van der Waals surface area (Å²) in [6.45, 7) is 9.47. The van der Waals surface area contributed by atoms with Crippen molar-refractivity contribution in [3.8, 4) is 0 Å². The highest BCUT2D eigenvalue weighted by Crippen LogP contribution is 2.40. The SMILES string of the molecule is CC(C)(C)OC(=O)N1CC2(CCN(C(=O)N3CC[C@@H]4OCC(=O)N[C@@H]4C3)C2)C1. The summed E-state index contributed by atoms with van der Waals surface area (Å²) in [5.41, 5.74) is -0.505. The van der Waals surface area contributed by atoms with Crippen LogP contribution in [-0.4, -0.2) is 96.4 Å². The summed E-state index contributed by atoms with van der Waals surface area (Å²) in [6.07, 6.45) is 1.36. The Morgan fingerprint density at radius 1 is 1.14 bits per heavy atom. The molecule has 1 spiro atoms. The molecule has 0 radical (unpaired) electrons. The molecule has 0 bridgehead atoms. The zero-order valence-corrected chi connectivity index (χ0v) is 16.9. The zero-order valence-electron chi connectivity index (χ0n) is 16.9. The predicted octanol–water partition coefficient (Wildman–Crippen LogP) is 0.639. The van der Waals surface area contributed by atoms with Crippen molar-refractivity contribution >= 4 is 18.0 Å². The zero-order chi connectivity index (χ0) is 20.1. The monoisotopic (exact) mass is 394 g/mol. The number of morpholine rings is 1.